The van der Waals surface area contributed by atoms with Crippen LogP contribution in [0.5, 0.6) is 0 Å². The van der Waals surface area contributed by atoms with Crippen LogP contribution in [0.4, 0.5) is 0 Å². The van der Waals surface area contributed by atoms with Gasteiger partial charge in [0.05, 0.1) is 0 Å². The number of carboxylic acids is 1. The van der Waals surface area contributed by atoms with Gasteiger partial charge in [-0.05, 0) is 19.9 Å². The van der Waals surface area contributed by atoms with E-state index in [0.29, 0.717) is 13.2 Å². The Hall–Kier alpha value is 0.390. The molecule has 0 fully saturated rings. The van der Waals surface area contributed by atoms with E-state index in [1.807, 2.05) is 0 Å². The van der Waals surface area contributed by atoms with E-state index in [4.69, 9.17) is 5.11 Å². The number of aliphatic hydroxyl groups excluding tert-OH is 1. The summed E-state index contributed by atoms with van der Waals surface area (Å²) < 4.78 is 0. The summed E-state index contributed by atoms with van der Waals surface area (Å²) in [5.74, 6) is -1.01. The molecule has 0 heterocycles. The normalized spacial score (nSPS) is 9.48. The summed E-state index contributed by atoms with van der Waals surface area (Å²) in [5, 5.41) is 20.9. The summed E-state index contributed by atoms with van der Waals surface area (Å²) in [6.45, 7) is 3.12. The second kappa shape index (κ2) is 25.3. The number of carboxylic acid groups (broad SMARTS) is 1. The predicted octanol–water partition coefficient (Wildman–Crippen LogP) is -0.751. The molecule has 0 aliphatic rings. The van der Waals surface area contributed by atoms with Crippen molar-refractivity contribution in [3.05, 3.63) is 0 Å². The molecule has 0 atom stereocenters. The van der Waals surface area contributed by atoms with Crippen LogP contribution in [0.15, 0.2) is 0 Å². The largest absolute Gasteiger partial charge is 1.00 e. The molecular weight excluding hydrogens is 277 g/mol. The molecule has 21 heavy (non-hydrogen) atoms. The molecule has 0 aliphatic carbocycles. The number of rotatable bonds is 13. The quantitative estimate of drug-likeness (QED) is 0.347. The van der Waals surface area contributed by atoms with Gasteiger partial charge in [-0.2, -0.15) is 0 Å². The van der Waals surface area contributed by atoms with Crippen LogP contribution in [-0.2, 0) is 4.79 Å². The van der Waals surface area contributed by atoms with Crippen LogP contribution < -0.4 is 40.0 Å². The third-order valence-corrected chi connectivity index (χ3v) is 3.09. The summed E-state index contributed by atoms with van der Waals surface area (Å²) in [6.07, 6.45) is 13.4. The zero-order chi connectivity index (χ0) is 15.5. The summed E-state index contributed by atoms with van der Waals surface area (Å²) in [4.78, 5) is 9.61. The SMILES string of the molecule is CCCCCCCCCCCCO.CNCCC(=O)[O-].[Na+]. The van der Waals surface area contributed by atoms with Gasteiger partial charge in [-0.1, -0.05) is 64.7 Å². The second-order valence-electron chi connectivity index (χ2n) is 5.13. The molecule has 0 aromatic rings. The maximum Gasteiger partial charge on any atom is 1.00 e. The van der Waals surface area contributed by atoms with Crippen LogP contribution in [-0.4, -0.2) is 31.3 Å². The summed E-state index contributed by atoms with van der Waals surface area (Å²) >= 11 is 0. The van der Waals surface area contributed by atoms with Gasteiger partial charge in [0.25, 0.3) is 0 Å². The molecule has 0 bridgehead atoms. The third kappa shape index (κ3) is 33.3. The van der Waals surface area contributed by atoms with Crippen molar-refractivity contribution in [2.75, 3.05) is 20.2 Å². The first-order chi connectivity index (χ1) is 9.68. The van der Waals surface area contributed by atoms with Crippen molar-refractivity contribution >= 4 is 5.97 Å². The Bertz CT molecular complexity index is 182. The molecule has 0 radical (unpaired) electrons. The summed E-state index contributed by atoms with van der Waals surface area (Å²) in [7, 11) is 1.70. The molecule has 0 saturated carbocycles. The van der Waals surface area contributed by atoms with Gasteiger partial charge >= 0.3 is 29.6 Å². The van der Waals surface area contributed by atoms with Crippen molar-refractivity contribution in [2.24, 2.45) is 0 Å². The Labute approximate surface area is 153 Å². The summed E-state index contributed by atoms with van der Waals surface area (Å²) in [5.41, 5.74) is 0. The standard InChI is InChI=1S/C12H26O.C4H9NO2.Na/c1-2-3-4-5-6-7-8-9-10-11-12-13;1-5-3-2-4(6)7;/h13H,2-12H2,1H3;5H,2-3H2,1H3,(H,6,7);/q;;+1/p-1. The van der Waals surface area contributed by atoms with E-state index in [1.165, 1.54) is 57.8 Å². The number of carbonyl (C=O) groups is 1. The minimum Gasteiger partial charge on any atom is -0.550 e. The van der Waals surface area contributed by atoms with Crippen molar-refractivity contribution in [1.29, 1.82) is 0 Å². The van der Waals surface area contributed by atoms with E-state index in [9.17, 15) is 9.90 Å². The molecular formula is C16H34NNaO3. The van der Waals surface area contributed by atoms with Gasteiger partial charge < -0.3 is 20.3 Å². The number of unbranched alkanes of at least 4 members (excludes halogenated alkanes) is 9. The van der Waals surface area contributed by atoms with Crippen molar-refractivity contribution < 1.29 is 44.6 Å². The van der Waals surface area contributed by atoms with Crippen LogP contribution in [0.25, 0.3) is 0 Å². The van der Waals surface area contributed by atoms with E-state index in [0.717, 1.165) is 6.42 Å². The average molecular weight is 311 g/mol. The van der Waals surface area contributed by atoms with Crippen LogP contribution in [0.3, 0.4) is 0 Å². The first-order valence-electron chi connectivity index (χ1n) is 8.14. The third-order valence-electron chi connectivity index (χ3n) is 3.09. The molecule has 0 aromatic heterocycles. The molecule has 0 saturated heterocycles. The number of hydrogen-bond donors (Lipinski definition) is 2. The van der Waals surface area contributed by atoms with Gasteiger partial charge in [0.15, 0.2) is 0 Å². The van der Waals surface area contributed by atoms with Crippen molar-refractivity contribution in [3.8, 4) is 0 Å². The number of aliphatic carboxylic acids is 1. The van der Waals surface area contributed by atoms with Crippen LogP contribution in [0.2, 0.25) is 0 Å². The number of carbonyl (C=O) groups excluding carboxylic acids is 1. The molecule has 0 aliphatic heterocycles. The van der Waals surface area contributed by atoms with Gasteiger partial charge in [0, 0.05) is 19.1 Å². The van der Waals surface area contributed by atoms with Crippen molar-refractivity contribution in [3.63, 3.8) is 0 Å². The Balaban J connectivity index is -0.000000347. The van der Waals surface area contributed by atoms with Crippen LogP contribution >= 0.6 is 0 Å². The minimum atomic E-state index is -1.01. The molecule has 0 unspecified atom stereocenters. The molecule has 5 heteroatoms. The molecule has 0 aromatic carbocycles. The molecule has 122 valence electrons. The average Bonchev–Trinajstić information content (AvgIpc) is 2.44. The van der Waals surface area contributed by atoms with Crippen LogP contribution in [0, 0.1) is 0 Å². The molecule has 2 N–H and O–H groups in total. The number of aliphatic hydroxyl groups is 1. The maximum atomic E-state index is 9.61. The van der Waals surface area contributed by atoms with Crippen molar-refractivity contribution in [2.45, 2.75) is 77.6 Å². The van der Waals surface area contributed by atoms with Crippen LogP contribution in [0.1, 0.15) is 77.6 Å². The second-order valence-corrected chi connectivity index (χ2v) is 5.13. The van der Waals surface area contributed by atoms with Gasteiger partial charge in [-0.3, -0.25) is 0 Å². The fraction of sp³-hybridized carbons (Fsp3) is 0.938. The monoisotopic (exact) mass is 311 g/mol. The molecule has 0 rings (SSSR count). The fourth-order valence-electron chi connectivity index (χ4n) is 1.83. The first-order valence-corrected chi connectivity index (χ1v) is 8.14. The van der Waals surface area contributed by atoms with Gasteiger partial charge in [-0.25, -0.2) is 0 Å². The molecule has 0 amide bonds. The van der Waals surface area contributed by atoms with E-state index >= 15 is 0 Å². The predicted molar refractivity (Wildman–Crippen MR) is 82.5 cm³/mol. The van der Waals surface area contributed by atoms with Gasteiger partial charge in [0.1, 0.15) is 0 Å². The van der Waals surface area contributed by atoms with E-state index in [1.54, 1.807) is 7.05 Å². The topological polar surface area (TPSA) is 72.4 Å². The van der Waals surface area contributed by atoms with E-state index in [-0.39, 0.29) is 36.0 Å². The maximum absolute atomic E-state index is 9.61. The van der Waals surface area contributed by atoms with Gasteiger partial charge in [-0.15, -0.1) is 0 Å². The number of hydrogen-bond acceptors (Lipinski definition) is 4. The Kier molecular flexibility index (Phi) is 31.7. The zero-order valence-corrected chi connectivity index (χ0v) is 16.5. The Morgan fingerprint density at radius 3 is 1.67 bits per heavy atom. The van der Waals surface area contributed by atoms with E-state index in [2.05, 4.69) is 12.2 Å². The van der Waals surface area contributed by atoms with Crippen molar-refractivity contribution in [1.82, 2.24) is 5.32 Å². The minimum absolute atomic E-state index is 0. The van der Waals surface area contributed by atoms with E-state index < -0.39 is 5.97 Å². The molecule has 4 nitrogen and oxygen atoms in total. The Morgan fingerprint density at radius 2 is 1.38 bits per heavy atom. The smallest absolute Gasteiger partial charge is 0.550 e. The molecule has 0 spiro atoms. The fourth-order valence-corrected chi connectivity index (χ4v) is 1.83. The summed E-state index contributed by atoms with van der Waals surface area (Å²) in [6, 6.07) is 0. The zero-order valence-electron chi connectivity index (χ0n) is 14.5. The van der Waals surface area contributed by atoms with Gasteiger partial charge in [0.2, 0.25) is 0 Å². The number of nitrogens with one attached hydrogen (secondary N) is 1. The first kappa shape index (κ1) is 26.3. The Morgan fingerprint density at radius 1 is 0.952 bits per heavy atom.